The molecule has 0 spiro atoms. The Balaban J connectivity index is 2.30. The summed E-state index contributed by atoms with van der Waals surface area (Å²) in [4.78, 5) is 19.0. The van der Waals surface area contributed by atoms with Crippen LogP contribution >= 0.6 is 0 Å². The molecule has 2 aromatic rings. The number of aromatic nitrogens is 2. The molecule has 1 aromatic heterocycles. The van der Waals surface area contributed by atoms with Gasteiger partial charge in [0.2, 0.25) is 0 Å². The number of rotatable bonds is 5. The van der Waals surface area contributed by atoms with Crippen molar-refractivity contribution in [3.8, 4) is 17.0 Å². The highest BCUT2D eigenvalue weighted by molar-refractivity contribution is 5.92. The van der Waals surface area contributed by atoms with Gasteiger partial charge in [-0.15, -0.1) is 0 Å². The molecule has 5 heteroatoms. The van der Waals surface area contributed by atoms with Gasteiger partial charge in [-0.1, -0.05) is 6.92 Å². The number of hydrogen-bond acceptors (Lipinski definition) is 4. The largest absolute Gasteiger partial charge is 0.494 e. The second-order valence-corrected chi connectivity index (χ2v) is 3.93. The molecule has 2 rings (SSSR count). The highest BCUT2D eigenvalue weighted by atomic mass is 16.5. The topological polar surface area (TPSA) is 72.3 Å². The Morgan fingerprint density at radius 2 is 1.89 bits per heavy atom. The third kappa shape index (κ3) is 3.07. The summed E-state index contributed by atoms with van der Waals surface area (Å²) >= 11 is 0. The third-order valence-corrected chi connectivity index (χ3v) is 2.50. The molecule has 1 aromatic carbocycles. The van der Waals surface area contributed by atoms with Crippen LogP contribution in [0.1, 0.15) is 23.8 Å². The molecule has 0 unspecified atom stereocenters. The first-order chi connectivity index (χ1) is 9.22. The summed E-state index contributed by atoms with van der Waals surface area (Å²) in [6, 6.07) is 7.15. The van der Waals surface area contributed by atoms with Crippen LogP contribution in [-0.4, -0.2) is 27.7 Å². The molecule has 0 bridgehead atoms. The van der Waals surface area contributed by atoms with E-state index in [1.165, 1.54) is 12.4 Å². The molecule has 1 N–H and O–H groups in total. The summed E-state index contributed by atoms with van der Waals surface area (Å²) in [5, 5.41) is 9.07. The number of hydrogen-bond donors (Lipinski definition) is 1. The van der Waals surface area contributed by atoms with Gasteiger partial charge >= 0.3 is 5.97 Å². The van der Waals surface area contributed by atoms with E-state index in [1.807, 2.05) is 6.92 Å². The van der Waals surface area contributed by atoms with Gasteiger partial charge in [-0.25, -0.2) is 9.78 Å². The highest BCUT2D eigenvalue weighted by Gasteiger charge is 2.14. The summed E-state index contributed by atoms with van der Waals surface area (Å²) in [5.41, 5.74) is 1.01. The van der Waals surface area contributed by atoms with Crippen molar-refractivity contribution in [2.45, 2.75) is 13.3 Å². The zero-order valence-electron chi connectivity index (χ0n) is 10.5. The predicted molar refractivity (Wildman–Crippen MR) is 70.2 cm³/mol. The van der Waals surface area contributed by atoms with Crippen molar-refractivity contribution in [2.24, 2.45) is 0 Å². The van der Waals surface area contributed by atoms with Crippen molar-refractivity contribution in [1.82, 2.24) is 9.97 Å². The standard InChI is InChI=1S/C14H14N2O3/c1-2-9-19-11-5-3-10(4-6-11)12-13(14(17)18)16-8-7-15-12/h3-8H,2,9H2,1H3,(H,17,18). The van der Waals surface area contributed by atoms with E-state index in [0.29, 0.717) is 17.9 Å². The Morgan fingerprint density at radius 3 is 2.53 bits per heavy atom. The Kier molecular flexibility index (Phi) is 4.07. The SMILES string of the molecule is CCCOc1ccc(-c2nccnc2C(=O)O)cc1. The molecule has 0 radical (unpaired) electrons. The molecular weight excluding hydrogens is 244 g/mol. The Bertz CT molecular complexity index is 567. The molecule has 0 saturated heterocycles. The fourth-order valence-electron chi connectivity index (χ4n) is 1.63. The lowest BCUT2D eigenvalue weighted by Crippen LogP contribution is -2.04. The van der Waals surface area contributed by atoms with Crippen molar-refractivity contribution in [1.29, 1.82) is 0 Å². The molecular formula is C14H14N2O3. The quantitative estimate of drug-likeness (QED) is 0.892. The summed E-state index contributed by atoms with van der Waals surface area (Å²) in [6.45, 7) is 2.69. The maximum Gasteiger partial charge on any atom is 0.356 e. The summed E-state index contributed by atoms with van der Waals surface area (Å²) < 4.78 is 5.47. The van der Waals surface area contributed by atoms with Crippen LogP contribution in [0, 0.1) is 0 Å². The first kappa shape index (κ1) is 13.0. The van der Waals surface area contributed by atoms with E-state index in [4.69, 9.17) is 9.84 Å². The lowest BCUT2D eigenvalue weighted by molar-refractivity contribution is 0.0691. The molecule has 98 valence electrons. The zero-order valence-corrected chi connectivity index (χ0v) is 10.5. The van der Waals surface area contributed by atoms with Crippen LogP contribution in [0.15, 0.2) is 36.7 Å². The maximum absolute atomic E-state index is 11.1. The lowest BCUT2D eigenvalue weighted by Gasteiger charge is -2.07. The zero-order chi connectivity index (χ0) is 13.7. The van der Waals surface area contributed by atoms with E-state index < -0.39 is 5.97 Å². The molecule has 19 heavy (non-hydrogen) atoms. The van der Waals surface area contributed by atoms with Gasteiger partial charge < -0.3 is 9.84 Å². The van der Waals surface area contributed by atoms with E-state index in [-0.39, 0.29) is 5.69 Å². The smallest absolute Gasteiger partial charge is 0.356 e. The fourth-order valence-corrected chi connectivity index (χ4v) is 1.63. The van der Waals surface area contributed by atoms with Crippen molar-refractivity contribution < 1.29 is 14.6 Å². The summed E-state index contributed by atoms with van der Waals surface area (Å²) in [7, 11) is 0. The first-order valence-electron chi connectivity index (χ1n) is 6.00. The van der Waals surface area contributed by atoms with Crippen LogP contribution < -0.4 is 4.74 Å². The van der Waals surface area contributed by atoms with Gasteiger partial charge in [0, 0.05) is 18.0 Å². The van der Waals surface area contributed by atoms with Gasteiger partial charge in [-0.05, 0) is 30.7 Å². The van der Waals surface area contributed by atoms with Gasteiger partial charge in [0.05, 0.1) is 6.61 Å². The van der Waals surface area contributed by atoms with Crippen molar-refractivity contribution >= 4 is 5.97 Å². The minimum Gasteiger partial charge on any atom is -0.494 e. The molecule has 0 fully saturated rings. The second-order valence-electron chi connectivity index (χ2n) is 3.93. The summed E-state index contributed by atoms with van der Waals surface area (Å²) in [5.74, 6) is -0.333. The molecule has 0 aliphatic carbocycles. The monoisotopic (exact) mass is 258 g/mol. The fraction of sp³-hybridized carbons (Fsp3) is 0.214. The van der Waals surface area contributed by atoms with Crippen molar-refractivity contribution in [2.75, 3.05) is 6.61 Å². The van der Waals surface area contributed by atoms with E-state index in [2.05, 4.69) is 9.97 Å². The number of ether oxygens (including phenoxy) is 1. The van der Waals surface area contributed by atoms with E-state index >= 15 is 0 Å². The normalized spacial score (nSPS) is 10.2. The highest BCUT2D eigenvalue weighted by Crippen LogP contribution is 2.22. The Morgan fingerprint density at radius 1 is 1.21 bits per heavy atom. The molecule has 1 heterocycles. The van der Waals surface area contributed by atoms with E-state index in [1.54, 1.807) is 24.3 Å². The van der Waals surface area contributed by atoms with Gasteiger partial charge in [0.15, 0.2) is 5.69 Å². The maximum atomic E-state index is 11.1. The van der Waals surface area contributed by atoms with Crippen molar-refractivity contribution in [3.63, 3.8) is 0 Å². The average molecular weight is 258 g/mol. The minimum atomic E-state index is -1.09. The van der Waals surface area contributed by atoms with Crippen LogP contribution in [0.3, 0.4) is 0 Å². The lowest BCUT2D eigenvalue weighted by atomic mass is 10.1. The molecule has 0 aliphatic rings. The van der Waals surface area contributed by atoms with Gasteiger partial charge in [0.1, 0.15) is 11.4 Å². The van der Waals surface area contributed by atoms with Crippen LogP contribution in [-0.2, 0) is 0 Å². The number of nitrogens with zero attached hydrogens (tertiary/aromatic N) is 2. The average Bonchev–Trinajstić information content (AvgIpc) is 2.45. The predicted octanol–water partition coefficient (Wildman–Crippen LogP) is 2.63. The minimum absolute atomic E-state index is 0.0512. The van der Waals surface area contributed by atoms with Crippen LogP contribution in [0.5, 0.6) is 5.75 Å². The second kappa shape index (κ2) is 5.95. The third-order valence-electron chi connectivity index (χ3n) is 2.50. The number of carboxylic acids is 1. The molecule has 5 nitrogen and oxygen atoms in total. The summed E-state index contributed by atoms with van der Waals surface area (Å²) in [6.07, 6.45) is 3.78. The number of benzene rings is 1. The van der Waals surface area contributed by atoms with Crippen molar-refractivity contribution in [3.05, 3.63) is 42.4 Å². The molecule has 0 amide bonds. The number of carbonyl (C=O) groups is 1. The first-order valence-corrected chi connectivity index (χ1v) is 6.00. The van der Waals surface area contributed by atoms with E-state index in [0.717, 1.165) is 12.2 Å². The number of carboxylic acid groups (broad SMARTS) is 1. The molecule has 0 atom stereocenters. The van der Waals surface area contributed by atoms with Crippen LogP contribution in [0.4, 0.5) is 0 Å². The van der Waals surface area contributed by atoms with Gasteiger partial charge in [-0.3, -0.25) is 4.98 Å². The van der Waals surface area contributed by atoms with Gasteiger partial charge in [0.25, 0.3) is 0 Å². The van der Waals surface area contributed by atoms with Crippen LogP contribution in [0.2, 0.25) is 0 Å². The van der Waals surface area contributed by atoms with E-state index in [9.17, 15) is 4.79 Å². The Labute approximate surface area is 110 Å². The number of aromatic carboxylic acids is 1. The van der Waals surface area contributed by atoms with Gasteiger partial charge in [-0.2, -0.15) is 0 Å². The molecule has 0 saturated carbocycles. The molecule has 0 aliphatic heterocycles. The van der Waals surface area contributed by atoms with Crippen LogP contribution in [0.25, 0.3) is 11.3 Å². The Hall–Kier alpha value is -2.43.